The van der Waals surface area contributed by atoms with Gasteiger partial charge in [-0.15, -0.1) is 0 Å². The minimum atomic E-state index is -0.246. The number of methoxy groups -OCH3 is 1. The minimum absolute atomic E-state index is 0.237. The van der Waals surface area contributed by atoms with E-state index < -0.39 is 0 Å². The summed E-state index contributed by atoms with van der Waals surface area (Å²) in [5.41, 5.74) is -0.237. The summed E-state index contributed by atoms with van der Waals surface area (Å²) in [7, 11) is 1.81. The fraction of sp³-hybridized carbons (Fsp3) is 1.00. The summed E-state index contributed by atoms with van der Waals surface area (Å²) >= 11 is 0. The average Bonchev–Trinajstić information content (AvgIpc) is 3.00. The van der Waals surface area contributed by atoms with Crippen LogP contribution in [0.15, 0.2) is 0 Å². The lowest BCUT2D eigenvalue weighted by Gasteiger charge is -2.43. The highest BCUT2D eigenvalue weighted by Gasteiger charge is 2.46. The molecule has 0 amide bonds. The topological polar surface area (TPSA) is 29.5 Å². The molecule has 3 saturated carbocycles. The normalized spacial score (nSPS) is 47.5. The third-order valence-corrected chi connectivity index (χ3v) is 6.42. The van der Waals surface area contributed by atoms with Gasteiger partial charge in [-0.3, -0.25) is 0 Å². The van der Waals surface area contributed by atoms with E-state index in [9.17, 15) is 5.11 Å². The number of aliphatic hydroxyl groups excluding tert-OH is 1. The van der Waals surface area contributed by atoms with E-state index >= 15 is 0 Å². The third-order valence-electron chi connectivity index (χ3n) is 6.42. The first-order valence-electron chi connectivity index (χ1n) is 8.36. The predicted octanol–water partition coefficient (Wildman–Crippen LogP) is 3.77. The van der Waals surface area contributed by atoms with Crippen LogP contribution in [0.4, 0.5) is 0 Å². The molecule has 6 unspecified atom stereocenters. The second kappa shape index (κ2) is 5.37. The summed E-state index contributed by atoms with van der Waals surface area (Å²) in [4.78, 5) is 0. The van der Waals surface area contributed by atoms with Crippen LogP contribution >= 0.6 is 0 Å². The Kier molecular flexibility index (Phi) is 3.92. The van der Waals surface area contributed by atoms with Crippen molar-refractivity contribution < 1.29 is 9.84 Å². The van der Waals surface area contributed by atoms with Gasteiger partial charge in [-0.1, -0.05) is 26.2 Å². The number of hydrogen-bond donors (Lipinski definition) is 1. The SMILES string of the molecule is COC1(C(O)CC2CC3CCC2C3)CCCC(C)C1. The zero-order valence-corrected chi connectivity index (χ0v) is 12.6. The summed E-state index contributed by atoms with van der Waals surface area (Å²) in [6.45, 7) is 2.30. The van der Waals surface area contributed by atoms with Crippen molar-refractivity contribution in [3.05, 3.63) is 0 Å². The number of hydrogen-bond acceptors (Lipinski definition) is 2. The van der Waals surface area contributed by atoms with Gasteiger partial charge in [-0.05, 0) is 62.2 Å². The molecular weight excluding hydrogens is 236 g/mol. The van der Waals surface area contributed by atoms with E-state index in [0.29, 0.717) is 5.92 Å². The molecule has 3 fully saturated rings. The lowest BCUT2D eigenvalue weighted by atomic mass is 9.72. The average molecular weight is 266 g/mol. The predicted molar refractivity (Wildman–Crippen MR) is 76.9 cm³/mol. The first-order chi connectivity index (χ1) is 9.13. The van der Waals surface area contributed by atoms with Crippen LogP contribution in [-0.4, -0.2) is 23.9 Å². The molecule has 2 nitrogen and oxygen atoms in total. The molecule has 3 aliphatic rings. The van der Waals surface area contributed by atoms with Crippen molar-refractivity contribution in [3.8, 4) is 0 Å². The fourth-order valence-electron chi connectivity index (χ4n) is 5.33. The van der Waals surface area contributed by atoms with Crippen molar-refractivity contribution in [2.75, 3.05) is 7.11 Å². The van der Waals surface area contributed by atoms with Crippen molar-refractivity contribution in [1.29, 1.82) is 0 Å². The molecule has 1 N–H and O–H groups in total. The van der Waals surface area contributed by atoms with Gasteiger partial charge in [-0.25, -0.2) is 0 Å². The molecule has 2 bridgehead atoms. The van der Waals surface area contributed by atoms with Crippen LogP contribution < -0.4 is 0 Å². The Morgan fingerprint density at radius 3 is 2.68 bits per heavy atom. The second-order valence-corrected chi connectivity index (χ2v) is 7.66. The van der Waals surface area contributed by atoms with Gasteiger partial charge in [0.1, 0.15) is 0 Å². The van der Waals surface area contributed by atoms with Crippen molar-refractivity contribution in [1.82, 2.24) is 0 Å². The van der Waals surface area contributed by atoms with Crippen LogP contribution in [0.5, 0.6) is 0 Å². The van der Waals surface area contributed by atoms with E-state index in [1.807, 2.05) is 7.11 Å². The molecule has 3 aliphatic carbocycles. The van der Waals surface area contributed by atoms with Crippen LogP contribution in [0.2, 0.25) is 0 Å². The van der Waals surface area contributed by atoms with E-state index in [1.54, 1.807) is 0 Å². The standard InChI is InChI=1S/C17H30O2/c1-12-4-3-7-17(11-12,19-2)16(18)10-15-9-13-5-6-14(15)8-13/h12-16,18H,3-11H2,1-2H3. The molecule has 0 aromatic heterocycles. The zero-order valence-electron chi connectivity index (χ0n) is 12.6. The fourth-order valence-corrected chi connectivity index (χ4v) is 5.33. The lowest BCUT2D eigenvalue weighted by molar-refractivity contribution is -0.139. The van der Waals surface area contributed by atoms with Gasteiger partial charge >= 0.3 is 0 Å². The van der Waals surface area contributed by atoms with Crippen molar-refractivity contribution >= 4 is 0 Å². The highest BCUT2D eigenvalue weighted by atomic mass is 16.5. The highest BCUT2D eigenvalue weighted by Crippen LogP contribution is 2.51. The molecular formula is C17H30O2. The van der Waals surface area contributed by atoms with Gasteiger partial charge in [0, 0.05) is 7.11 Å². The highest BCUT2D eigenvalue weighted by molar-refractivity contribution is 4.97. The lowest BCUT2D eigenvalue weighted by Crippen LogP contribution is -2.48. The molecule has 0 spiro atoms. The van der Waals surface area contributed by atoms with Gasteiger partial charge in [0.2, 0.25) is 0 Å². The number of aliphatic hydroxyl groups is 1. The van der Waals surface area contributed by atoms with Gasteiger partial charge < -0.3 is 9.84 Å². The molecule has 6 atom stereocenters. The molecule has 3 rings (SSSR count). The smallest absolute Gasteiger partial charge is 0.0939 e. The minimum Gasteiger partial charge on any atom is -0.390 e. The van der Waals surface area contributed by atoms with E-state index in [4.69, 9.17) is 4.74 Å². The Bertz CT molecular complexity index is 316. The Morgan fingerprint density at radius 1 is 1.26 bits per heavy atom. The van der Waals surface area contributed by atoms with E-state index in [-0.39, 0.29) is 11.7 Å². The van der Waals surface area contributed by atoms with Gasteiger partial charge in [0.25, 0.3) is 0 Å². The second-order valence-electron chi connectivity index (χ2n) is 7.66. The quantitative estimate of drug-likeness (QED) is 0.839. The monoisotopic (exact) mass is 266 g/mol. The molecule has 0 aromatic carbocycles. The first-order valence-corrected chi connectivity index (χ1v) is 8.36. The van der Waals surface area contributed by atoms with Crippen molar-refractivity contribution in [2.45, 2.75) is 76.4 Å². The molecule has 0 saturated heterocycles. The Hall–Kier alpha value is -0.0800. The summed E-state index contributed by atoms with van der Waals surface area (Å²) in [6, 6.07) is 0. The summed E-state index contributed by atoms with van der Waals surface area (Å²) in [5, 5.41) is 10.8. The van der Waals surface area contributed by atoms with Crippen LogP contribution in [-0.2, 0) is 4.74 Å². The van der Waals surface area contributed by atoms with Crippen molar-refractivity contribution in [3.63, 3.8) is 0 Å². The van der Waals surface area contributed by atoms with Gasteiger partial charge in [-0.2, -0.15) is 0 Å². The number of rotatable bonds is 4. The Balaban J connectivity index is 1.63. The molecule has 2 heteroatoms. The van der Waals surface area contributed by atoms with Crippen LogP contribution in [0.1, 0.15) is 64.7 Å². The Morgan fingerprint density at radius 2 is 2.11 bits per heavy atom. The maximum absolute atomic E-state index is 10.8. The molecule has 0 heterocycles. The van der Waals surface area contributed by atoms with Crippen molar-refractivity contribution in [2.24, 2.45) is 23.7 Å². The van der Waals surface area contributed by atoms with E-state index in [0.717, 1.165) is 37.0 Å². The first kappa shape index (κ1) is 13.9. The molecule has 0 aliphatic heterocycles. The zero-order chi connectivity index (χ0) is 13.5. The number of fused-ring (bicyclic) bond motifs is 2. The molecule has 19 heavy (non-hydrogen) atoms. The molecule has 110 valence electrons. The summed E-state index contributed by atoms with van der Waals surface area (Å²) in [6.07, 6.45) is 11.0. The van der Waals surface area contributed by atoms with Crippen LogP contribution in [0.25, 0.3) is 0 Å². The summed E-state index contributed by atoms with van der Waals surface area (Å²) < 4.78 is 5.85. The third kappa shape index (κ3) is 2.58. The maximum atomic E-state index is 10.8. The van der Waals surface area contributed by atoms with Crippen LogP contribution in [0, 0.1) is 23.7 Å². The molecule has 0 radical (unpaired) electrons. The summed E-state index contributed by atoms with van der Waals surface area (Å²) in [5.74, 6) is 3.36. The van der Waals surface area contributed by atoms with E-state index in [2.05, 4.69) is 6.92 Å². The van der Waals surface area contributed by atoms with E-state index in [1.165, 1.54) is 38.5 Å². The van der Waals surface area contributed by atoms with Gasteiger partial charge in [0.15, 0.2) is 0 Å². The largest absolute Gasteiger partial charge is 0.390 e. The Labute approximate surface area is 117 Å². The van der Waals surface area contributed by atoms with Gasteiger partial charge in [0.05, 0.1) is 11.7 Å². The number of ether oxygens (including phenoxy) is 1. The maximum Gasteiger partial charge on any atom is 0.0939 e. The van der Waals surface area contributed by atoms with Crippen LogP contribution in [0.3, 0.4) is 0 Å². The molecule has 0 aromatic rings.